The molecule has 25 heavy (non-hydrogen) atoms. The molecule has 0 radical (unpaired) electrons. The van der Waals surface area contributed by atoms with Gasteiger partial charge >= 0.3 is 0 Å². The van der Waals surface area contributed by atoms with Crippen LogP contribution < -0.4 is 0 Å². The van der Waals surface area contributed by atoms with Crippen molar-refractivity contribution >= 4 is 0 Å². The topological polar surface area (TPSA) is 0 Å². The molecule has 0 heteroatoms. The number of rotatable bonds is 0. The molecule has 0 aromatic rings. The molecule has 0 aliphatic heterocycles. The lowest BCUT2D eigenvalue weighted by Gasteiger charge is -2.20. The minimum atomic E-state index is 0.621. The van der Waals surface area contributed by atoms with Gasteiger partial charge in [0.2, 0.25) is 0 Å². The Morgan fingerprint density at radius 1 is 0.640 bits per heavy atom. The number of hydrogen-bond donors (Lipinski definition) is 0. The molecule has 10 atom stereocenters. The van der Waals surface area contributed by atoms with Crippen LogP contribution in [-0.2, 0) is 0 Å². The van der Waals surface area contributed by atoms with Crippen molar-refractivity contribution in [3.05, 3.63) is 71.4 Å². The van der Waals surface area contributed by atoms with Crippen LogP contribution in [0.4, 0.5) is 0 Å². The standard InChI is InChI=1S/C13H14.C12H12/c1-7-8(2)11-12-10-4-3-9(7)5-6-13(10,11)12;1-7-6-10-11-9-3-2-8(7)4-5-12(9,10)11/h3-6,9-12H,1-2H3;2-6,8-11H,1H3. The summed E-state index contributed by atoms with van der Waals surface area (Å²) < 4.78 is 0. The van der Waals surface area contributed by atoms with Gasteiger partial charge in [-0.2, -0.15) is 0 Å². The van der Waals surface area contributed by atoms with Crippen LogP contribution in [0.2, 0.25) is 0 Å². The van der Waals surface area contributed by atoms with E-state index in [-0.39, 0.29) is 0 Å². The van der Waals surface area contributed by atoms with Gasteiger partial charge < -0.3 is 0 Å². The zero-order valence-electron chi connectivity index (χ0n) is 15.3. The Labute approximate surface area is 150 Å². The van der Waals surface area contributed by atoms with Crippen molar-refractivity contribution in [2.75, 3.05) is 0 Å². The molecule has 0 amide bonds. The van der Waals surface area contributed by atoms with Crippen LogP contribution in [-0.4, -0.2) is 0 Å². The summed E-state index contributed by atoms with van der Waals surface area (Å²) in [6.07, 6.45) is 22.1. The summed E-state index contributed by atoms with van der Waals surface area (Å²) in [6, 6.07) is 0. The lowest BCUT2D eigenvalue weighted by molar-refractivity contribution is 0.532. The van der Waals surface area contributed by atoms with E-state index in [9.17, 15) is 0 Å². The molecule has 0 aromatic carbocycles. The quantitative estimate of drug-likeness (QED) is 0.516. The predicted molar refractivity (Wildman–Crippen MR) is 101 cm³/mol. The Kier molecular flexibility index (Phi) is 2.04. The lowest BCUT2D eigenvalue weighted by Crippen LogP contribution is -2.10. The van der Waals surface area contributed by atoms with Crippen LogP contribution in [0, 0.1) is 58.2 Å². The van der Waals surface area contributed by atoms with E-state index in [1.165, 1.54) is 0 Å². The molecule has 0 N–H and O–H groups in total. The Balaban J connectivity index is 0.0000000964. The molecule has 0 aromatic heterocycles. The van der Waals surface area contributed by atoms with E-state index in [0.29, 0.717) is 22.7 Å². The zero-order valence-corrected chi connectivity index (χ0v) is 15.3. The highest BCUT2D eigenvalue weighted by Gasteiger charge is 2.85. The van der Waals surface area contributed by atoms with E-state index < -0.39 is 0 Å². The van der Waals surface area contributed by atoms with Crippen LogP contribution in [0.15, 0.2) is 71.4 Å². The van der Waals surface area contributed by atoms with E-state index in [1.807, 2.05) is 0 Å². The second-order valence-electron chi connectivity index (χ2n) is 9.92. The summed E-state index contributed by atoms with van der Waals surface area (Å²) in [6.45, 7) is 6.94. The Hall–Kier alpha value is -1.56. The third-order valence-electron chi connectivity index (χ3n) is 9.30. The molecule has 4 fully saturated rings. The fourth-order valence-corrected chi connectivity index (χ4v) is 7.30. The van der Waals surface area contributed by atoms with E-state index in [0.717, 1.165) is 35.5 Å². The van der Waals surface area contributed by atoms with Gasteiger partial charge in [0, 0.05) is 22.7 Å². The van der Waals surface area contributed by atoms with Gasteiger partial charge in [0.1, 0.15) is 0 Å². The largest absolute Gasteiger partial charge is 0.0833 e. The normalized spacial score (nSPS) is 60.4. The van der Waals surface area contributed by atoms with Crippen molar-refractivity contribution < 1.29 is 0 Å². The summed E-state index contributed by atoms with van der Waals surface area (Å²) in [5.41, 5.74) is 6.14. The van der Waals surface area contributed by atoms with Crippen molar-refractivity contribution in [3.63, 3.8) is 0 Å². The third kappa shape index (κ3) is 1.31. The predicted octanol–water partition coefficient (Wildman–Crippen LogP) is 5.49. The van der Waals surface area contributed by atoms with Gasteiger partial charge in [-0.1, -0.05) is 71.4 Å². The van der Waals surface area contributed by atoms with Crippen LogP contribution >= 0.6 is 0 Å². The summed E-state index contributed by atoms with van der Waals surface area (Å²) in [5.74, 6) is 6.95. The summed E-state index contributed by atoms with van der Waals surface area (Å²) >= 11 is 0. The zero-order chi connectivity index (χ0) is 16.7. The SMILES string of the molecule is CC1=C(C)C2C3C4C=CC1C=CC423.CC1=CC2C3C4C=CC1C=CC423. The van der Waals surface area contributed by atoms with Gasteiger partial charge in [0.15, 0.2) is 0 Å². The first-order valence-electron chi connectivity index (χ1n) is 10.2. The van der Waals surface area contributed by atoms with Crippen LogP contribution in [0.1, 0.15) is 20.8 Å². The lowest BCUT2D eigenvalue weighted by atomic mass is 9.85. The van der Waals surface area contributed by atoms with Crippen LogP contribution in [0.3, 0.4) is 0 Å². The number of allylic oxidation sites excluding steroid dienone is 12. The van der Waals surface area contributed by atoms with Crippen LogP contribution in [0.25, 0.3) is 0 Å². The maximum absolute atomic E-state index is 2.53. The smallest absolute Gasteiger partial charge is 0.0157 e. The molecule has 4 saturated carbocycles. The average Bonchev–Trinajstić information content (AvgIpc) is 3.42. The summed E-state index contributed by atoms with van der Waals surface area (Å²) in [4.78, 5) is 0. The van der Waals surface area contributed by atoms with Gasteiger partial charge in [0.25, 0.3) is 0 Å². The molecule has 2 spiro atoms. The van der Waals surface area contributed by atoms with E-state index in [4.69, 9.17) is 0 Å². The highest BCUT2D eigenvalue weighted by Crippen LogP contribution is 2.88. The van der Waals surface area contributed by atoms with Crippen molar-refractivity contribution in [1.29, 1.82) is 0 Å². The fraction of sp³-hybridized carbons (Fsp3) is 0.520. The van der Waals surface area contributed by atoms with Crippen LogP contribution in [0.5, 0.6) is 0 Å². The van der Waals surface area contributed by atoms with Gasteiger partial charge in [-0.25, -0.2) is 0 Å². The molecule has 0 saturated heterocycles. The molecule has 8 aliphatic carbocycles. The van der Waals surface area contributed by atoms with Gasteiger partial charge in [0.05, 0.1) is 0 Å². The minimum absolute atomic E-state index is 0.621. The molecular weight excluding hydrogens is 300 g/mol. The van der Waals surface area contributed by atoms with Crippen molar-refractivity contribution in [1.82, 2.24) is 0 Å². The van der Waals surface area contributed by atoms with Gasteiger partial charge in [-0.15, -0.1) is 0 Å². The molecule has 8 rings (SSSR count). The van der Waals surface area contributed by atoms with E-state index >= 15 is 0 Å². The third-order valence-corrected chi connectivity index (χ3v) is 9.30. The molecule has 0 nitrogen and oxygen atoms in total. The molecular formula is C25H26. The first kappa shape index (κ1) is 13.6. The monoisotopic (exact) mass is 326 g/mol. The molecule has 126 valence electrons. The Morgan fingerprint density at radius 2 is 1.32 bits per heavy atom. The molecule has 10 unspecified atom stereocenters. The summed E-state index contributed by atoms with van der Waals surface area (Å²) in [7, 11) is 0. The molecule has 0 heterocycles. The van der Waals surface area contributed by atoms with Gasteiger partial charge in [-0.3, -0.25) is 0 Å². The number of hydrogen-bond acceptors (Lipinski definition) is 0. The first-order valence-corrected chi connectivity index (χ1v) is 10.2. The fourth-order valence-electron chi connectivity index (χ4n) is 7.30. The number of fused-ring (bicyclic) bond motifs is 6. The summed E-state index contributed by atoms with van der Waals surface area (Å²) in [5, 5.41) is 0. The highest BCUT2D eigenvalue weighted by molar-refractivity contribution is 5.54. The van der Waals surface area contributed by atoms with Crippen molar-refractivity contribution in [2.24, 2.45) is 58.2 Å². The Bertz CT molecular complexity index is 904. The molecule has 4 bridgehead atoms. The van der Waals surface area contributed by atoms with E-state index in [1.54, 1.807) is 16.7 Å². The molecule has 8 aliphatic rings. The first-order chi connectivity index (χ1) is 12.1. The second-order valence-corrected chi connectivity index (χ2v) is 9.92. The van der Waals surface area contributed by atoms with Gasteiger partial charge in [-0.05, 0) is 56.3 Å². The van der Waals surface area contributed by atoms with Crippen molar-refractivity contribution in [3.8, 4) is 0 Å². The minimum Gasteiger partial charge on any atom is -0.0833 e. The maximum atomic E-state index is 2.53. The average molecular weight is 326 g/mol. The highest BCUT2D eigenvalue weighted by atomic mass is 14.9. The van der Waals surface area contributed by atoms with Crippen molar-refractivity contribution in [2.45, 2.75) is 20.8 Å². The van der Waals surface area contributed by atoms with E-state index in [2.05, 4.69) is 75.5 Å². The second kappa shape index (κ2) is 3.75. The Morgan fingerprint density at radius 3 is 2.16 bits per heavy atom. The maximum Gasteiger partial charge on any atom is 0.0157 e.